The predicted molar refractivity (Wildman–Crippen MR) is 69.1 cm³/mol. The first-order valence-electron chi connectivity index (χ1n) is 5.40. The Morgan fingerprint density at radius 3 is 2.41 bits per heavy atom. The molecule has 0 atom stereocenters. The molecule has 0 heterocycles. The van der Waals surface area contributed by atoms with Crippen molar-refractivity contribution in [2.45, 2.75) is 6.92 Å². The molecular weight excluding hydrogens is 214 g/mol. The van der Waals surface area contributed by atoms with E-state index in [9.17, 15) is 9.90 Å². The molecule has 0 spiro atoms. The van der Waals surface area contributed by atoms with E-state index < -0.39 is 0 Å². The SMILES string of the molecule is C=CCN(CC=C)C(=O)c1ccc(O)c(C)c1. The van der Waals surface area contributed by atoms with Crippen LogP contribution in [0.2, 0.25) is 0 Å². The van der Waals surface area contributed by atoms with Crippen LogP contribution in [0.3, 0.4) is 0 Å². The highest BCUT2D eigenvalue weighted by Crippen LogP contribution is 2.18. The first-order valence-corrected chi connectivity index (χ1v) is 5.40. The molecule has 0 aliphatic carbocycles. The Hall–Kier alpha value is -2.03. The minimum Gasteiger partial charge on any atom is -0.508 e. The highest BCUT2D eigenvalue weighted by atomic mass is 16.3. The van der Waals surface area contributed by atoms with Gasteiger partial charge in [-0.15, -0.1) is 13.2 Å². The second-order valence-electron chi connectivity index (χ2n) is 3.79. The summed E-state index contributed by atoms with van der Waals surface area (Å²) in [5, 5.41) is 9.41. The summed E-state index contributed by atoms with van der Waals surface area (Å²) < 4.78 is 0. The van der Waals surface area contributed by atoms with Crippen LogP contribution in [-0.2, 0) is 0 Å². The highest BCUT2D eigenvalue weighted by Gasteiger charge is 2.13. The maximum Gasteiger partial charge on any atom is 0.254 e. The number of amides is 1. The second kappa shape index (κ2) is 5.89. The fourth-order valence-electron chi connectivity index (χ4n) is 1.52. The average Bonchev–Trinajstić information content (AvgIpc) is 2.31. The minimum atomic E-state index is -0.0899. The molecule has 0 saturated heterocycles. The zero-order valence-electron chi connectivity index (χ0n) is 10.0. The van der Waals surface area contributed by atoms with Crippen molar-refractivity contribution in [3.8, 4) is 5.75 Å². The van der Waals surface area contributed by atoms with E-state index in [-0.39, 0.29) is 11.7 Å². The first kappa shape index (κ1) is 13.0. The molecule has 0 fully saturated rings. The van der Waals surface area contributed by atoms with Gasteiger partial charge in [-0.25, -0.2) is 0 Å². The van der Waals surface area contributed by atoms with Gasteiger partial charge in [0.2, 0.25) is 0 Å². The first-order chi connectivity index (χ1) is 8.10. The largest absolute Gasteiger partial charge is 0.508 e. The quantitative estimate of drug-likeness (QED) is 0.791. The lowest BCUT2D eigenvalue weighted by Crippen LogP contribution is -2.31. The Morgan fingerprint density at radius 1 is 1.35 bits per heavy atom. The van der Waals surface area contributed by atoms with Gasteiger partial charge >= 0.3 is 0 Å². The molecule has 1 amide bonds. The van der Waals surface area contributed by atoms with Gasteiger partial charge in [-0.2, -0.15) is 0 Å². The maximum absolute atomic E-state index is 12.1. The fraction of sp³-hybridized carbons (Fsp3) is 0.214. The molecule has 17 heavy (non-hydrogen) atoms. The zero-order valence-corrected chi connectivity index (χ0v) is 10.0. The van der Waals surface area contributed by atoms with E-state index in [0.717, 1.165) is 0 Å². The Balaban J connectivity index is 2.95. The summed E-state index contributed by atoms with van der Waals surface area (Å²) in [7, 11) is 0. The van der Waals surface area contributed by atoms with Gasteiger partial charge in [0.05, 0.1) is 0 Å². The van der Waals surface area contributed by atoms with Crippen molar-refractivity contribution < 1.29 is 9.90 Å². The topological polar surface area (TPSA) is 40.5 Å². The summed E-state index contributed by atoms with van der Waals surface area (Å²) in [5.74, 6) is 0.105. The van der Waals surface area contributed by atoms with E-state index in [2.05, 4.69) is 13.2 Å². The Bertz CT molecular complexity index is 428. The van der Waals surface area contributed by atoms with Crippen LogP contribution in [0, 0.1) is 6.92 Å². The molecule has 0 radical (unpaired) electrons. The number of phenols is 1. The molecule has 0 aliphatic rings. The van der Waals surface area contributed by atoms with E-state index in [1.54, 1.807) is 36.1 Å². The van der Waals surface area contributed by atoms with Crippen LogP contribution in [0.5, 0.6) is 5.75 Å². The average molecular weight is 231 g/mol. The number of hydrogen-bond acceptors (Lipinski definition) is 2. The van der Waals surface area contributed by atoms with Crippen molar-refractivity contribution >= 4 is 5.91 Å². The summed E-state index contributed by atoms with van der Waals surface area (Å²) in [5.41, 5.74) is 1.25. The number of carbonyl (C=O) groups is 1. The van der Waals surface area contributed by atoms with Crippen LogP contribution >= 0.6 is 0 Å². The minimum absolute atomic E-state index is 0.0899. The summed E-state index contributed by atoms with van der Waals surface area (Å²) >= 11 is 0. The Morgan fingerprint density at radius 2 is 1.94 bits per heavy atom. The van der Waals surface area contributed by atoms with E-state index in [0.29, 0.717) is 24.2 Å². The molecule has 0 saturated carbocycles. The van der Waals surface area contributed by atoms with Crippen molar-refractivity contribution in [2.75, 3.05) is 13.1 Å². The molecule has 0 aromatic heterocycles. The molecule has 3 nitrogen and oxygen atoms in total. The van der Waals surface area contributed by atoms with Crippen LogP contribution in [0.15, 0.2) is 43.5 Å². The summed E-state index contributed by atoms with van der Waals surface area (Å²) in [6.45, 7) is 9.96. The van der Waals surface area contributed by atoms with Gasteiger partial charge in [0, 0.05) is 18.7 Å². The molecule has 1 rings (SSSR count). The van der Waals surface area contributed by atoms with Crippen molar-refractivity contribution in [1.29, 1.82) is 0 Å². The number of benzene rings is 1. The lowest BCUT2D eigenvalue weighted by molar-refractivity contribution is 0.0791. The zero-order chi connectivity index (χ0) is 12.8. The molecule has 0 aliphatic heterocycles. The van der Waals surface area contributed by atoms with Crippen LogP contribution < -0.4 is 0 Å². The van der Waals surface area contributed by atoms with Crippen LogP contribution in [0.25, 0.3) is 0 Å². The predicted octanol–water partition coefficient (Wildman–Crippen LogP) is 2.51. The van der Waals surface area contributed by atoms with E-state index >= 15 is 0 Å². The van der Waals surface area contributed by atoms with Gasteiger partial charge in [0.15, 0.2) is 0 Å². The van der Waals surface area contributed by atoms with Crippen LogP contribution in [-0.4, -0.2) is 29.0 Å². The molecule has 1 aromatic carbocycles. The van der Waals surface area contributed by atoms with Crippen molar-refractivity contribution in [1.82, 2.24) is 4.90 Å². The summed E-state index contributed by atoms with van der Waals surface area (Å²) in [6.07, 6.45) is 3.35. The van der Waals surface area contributed by atoms with Gasteiger partial charge < -0.3 is 10.0 Å². The van der Waals surface area contributed by atoms with Crippen molar-refractivity contribution in [3.63, 3.8) is 0 Å². The van der Waals surface area contributed by atoms with Crippen LogP contribution in [0.4, 0.5) is 0 Å². The third kappa shape index (κ3) is 3.21. The lowest BCUT2D eigenvalue weighted by Gasteiger charge is -2.19. The van der Waals surface area contributed by atoms with Gasteiger partial charge in [0.1, 0.15) is 5.75 Å². The molecule has 3 heteroatoms. The number of rotatable bonds is 5. The fourth-order valence-corrected chi connectivity index (χ4v) is 1.52. The molecular formula is C14H17NO2. The number of aromatic hydroxyl groups is 1. The van der Waals surface area contributed by atoms with Gasteiger partial charge in [-0.1, -0.05) is 12.2 Å². The smallest absolute Gasteiger partial charge is 0.254 e. The number of hydrogen-bond donors (Lipinski definition) is 1. The summed E-state index contributed by atoms with van der Waals surface area (Å²) in [6, 6.07) is 4.82. The van der Waals surface area contributed by atoms with Crippen molar-refractivity contribution in [3.05, 3.63) is 54.6 Å². The van der Waals surface area contributed by atoms with Gasteiger partial charge in [-0.3, -0.25) is 4.79 Å². The maximum atomic E-state index is 12.1. The van der Waals surface area contributed by atoms with E-state index in [1.807, 2.05) is 0 Å². The normalized spacial score (nSPS) is 9.71. The third-order valence-corrected chi connectivity index (χ3v) is 2.43. The molecule has 0 bridgehead atoms. The number of nitrogens with zero attached hydrogens (tertiary/aromatic N) is 1. The standard InChI is InChI=1S/C14H17NO2/c1-4-8-15(9-5-2)14(17)12-6-7-13(16)11(3)10-12/h4-7,10,16H,1-2,8-9H2,3H3. The van der Waals surface area contributed by atoms with Crippen LogP contribution in [0.1, 0.15) is 15.9 Å². The van der Waals surface area contributed by atoms with Gasteiger partial charge in [-0.05, 0) is 30.7 Å². The second-order valence-corrected chi connectivity index (χ2v) is 3.79. The Labute approximate surface area is 102 Å². The summed E-state index contributed by atoms with van der Waals surface area (Å²) in [4.78, 5) is 13.8. The molecule has 0 unspecified atom stereocenters. The number of carbonyl (C=O) groups excluding carboxylic acids is 1. The number of phenolic OH excluding ortho intramolecular Hbond substituents is 1. The van der Waals surface area contributed by atoms with Gasteiger partial charge in [0.25, 0.3) is 5.91 Å². The Kier molecular flexibility index (Phi) is 4.52. The van der Waals surface area contributed by atoms with E-state index in [4.69, 9.17) is 0 Å². The van der Waals surface area contributed by atoms with E-state index in [1.165, 1.54) is 6.07 Å². The molecule has 1 aromatic rings. The number of aryl methyl sites for hydroxylation is 1. The third-order valence-electron chi connectivity index (χ3n) is 2.43. The lowest BCUT2D eigenvalue weighted by atomic mass is 10.1. The monoisotopic (exact) mass is 231 g/mol. The molecule has 1 N–H and O–H groups in total. The highest BCUT2D eigenvalue weighted by molar-refractivity contribution is 5.94. The van der Waals surface area contributed by atoms with Crippen molar-refractivity contribution in [2.24, 2.45) is 0 Å². The molecule has 90 valence electrons.